The van der Waals surface area contributed by atoms with Gasteiger partial charge in [0.15, 0.2) is 0 Å². The third-order valence-corrected chi connectivity index (χ3v) is 7.28. The quantitative estimate of drug-likeness (QED) is 0.235. The van der Waals surface area contributed by atoms with E-state index >= 15 is 0 Å². The first kappa shape index (κ1) is 26.3. The summed E-state index contributed by atoms with van der Waals surface area (Å²) in [5.41, 5.74) is 9.26. The number of aromatic nitrogens is 2. The lowest BCUT2D eigenvalue weighted by molar-refractivity contribution is -0.114. The van der Waals surface area contributed by atoms with Crippen molar-refractivity contribution in [1.82, 2.24) is 20.8 Å². The fourth-order valence-electron chi connectivity index (χ4n) is 4.76. The molecule has 1 aromatic heterocycles. The molecule has 0 amide bonds. The highest BCUT2D eigenvalue weighted by Gasteiger charge is 2.31. The Bertz CT molecular complexity index is 987. The van der Waals surface area contributed by atoms with Crippen molar-refractivity contribution in [2.45, 2.75) is 57.4 Å². The van der Waals surface area contributed by atoms with E-state index in [4.69, 9.17) is 9.84 Å². The van der Waals surface area contributed by atoms with Gasteiger partial charge in [0.2, 0.25) is 5.95 Å². The van der Waals surface area contributed by atoms with E-state index in [1.807, 2.05) is 24.5 Å². The van der Waals surface area contributed by atoms with Gasteiger partial charge in [-0.15, -0.1) is 0 Å². The maximum Gasteiger partial charge on any atom is 0.225 e. The van der Waals surface area contributed by atoms with E-state index in [0.29, 0.717) is 25.3 Å². The molecule has 2 heterocycles. The van der Waals surface area contributed by atoms with Gasteiger partial charge in [0, 0.05) is 38.6 Å². The summed E-state index contributed by atoms with van der Waals surface area (Å²) in [4.78, 5) is 23.0. The van der Waals surface area contributed by atoms with Gasteiger partial charge in [-0.1, -0.05) is 25.1 Å². The number of carbonyl (C=O) groups excluding carboxylic acids is 1. The lowest BCUT2D eigenvalue weighted by Crippen LogP contribution is -2.54. The lowest BCUT2D eigenvalue weighted by atomic mass is 9.82. The molecule has 1 aliphatic carbocycles. The summed E-state index contributed by atoms with van der Waals surface area (Å²) in [5.74, 6) is 2.26. The van der Waals surface area contributed by atoms with Crippen LogP contribution in [-0.4, -0.2) is 59.7 Å². The summed E-state index contributed by atoms with van der Waals surface area (Å²) in [7, 11) is 0. The van der Waals surface area contributed by atoms with Gasteiger partial charge in [-0.2, -0.15) is 0 Å². The van der Waals surface area contributed by atoms with Crippen molar-refractivity contribution < 1.29 is 14.6 Å². The molecule has 0 saturated carbocycles. The SMILES string of the molecule is CCc1cnc(N2CCC(COc3ccc(C4=CC[C@@](C=O)(NNCCCO)CC4)cc3)CC2)nc1. The molecule has 4 rings (SSSR count). The number of aryl methyl sites for hydroxylation is 1. The minimum atomic E-state index is -0.581. The minimum absolute atomic E-state index is 0.134. The van der Waals surface area contributed by atoms with Crippen LogP contribution in [0.25, 0.3) is 5.57 Å². The average Bonchev–Trinajstić information content (AvgIpc) is 2.95. The molecule has 3 N–H and O–H groups in total. The molecular formula is C28H39N5O3. The fourth-order valence-corrected chi connectivity index (χ4v) is 4.76. The molecule has 8 nitrogen and oxygen atoms in total. The Labute approximate surface area is 214 Å². The van der Waals surface area contributed by atoms with Gasteiger partial charge in [0.25, 0.3) is 0 Å². The summed E-state index contributed by atoms with van der Waals surface area (Å²) in [5, 5.41) is 8.91. The molecule has 1 fully saturated rings. The minimum Gasteiger partial charge on any atom is -0.493 e. The third kappa shape index (κ3) is 6.90. The van der Waals surface area contributed by atoms with E-state index < -0.39 is 5.54 Å². The Morgan fingerprint density at radius 1 is 1.19 bits per heavy atom. The molecule has 0 bridgehead atoms. The molecule has 0 unspecified atom stereocenters. The highest BCUT2D eigenvalue weighted by atomic mass is 16.5. The van der Waals surface area contributed by atoms with Crippen LogP contribution >= 0.6 is 0 Å². The number of piperidine rings is 1. The van der Waals surface area contributed by atoms with Crippen LogP contribution in [0.3, 0.4) is 0 Å². The molecule has 2 aromatic rings. The van der Waals surface area contributed by atoms with Crippen LogP contribution in [0, 0.1) is 5.92 Å². The number of rotatable bonds is 12. The van der Waals surface area contributed by atoms with E-state index in [0.717, 1.165) is 69.8 Å². The van der Waals surface area contributed by atoms with Crippen LogP contribution < -0.4 is 20.5 Å². The Balaban J connectivity index is 1.22. The molecule has 2 aliphatic rings. The van der Waals surface area contributed by atoms with Gasteiger partial charge in [0.1, 0.15) is 12.0 Å². The molecule has 1 saturated heterocycles. The highest BCUT2D eigenvalue weighted by molar-refractivity contribution is 5.72. The number of aldehydes is 1. The second kappa shape index (κ2) is 12.9. The Morgan fingerprint density at radius 2 is 1.94 bits per heavy atom. The Kier molecular flexibility index (Phi) is 9.44. The molecule has 1 aromatic carbocycles. The van der Waals surface area contributed by atoms with E-state index in [9.17, 15) is 4.79 Å². The summed E-state index contributed by atoms with van der Waals surface area (Å²) in [6, 6.07) is 8.32. The average molecular weight is 494 g/mol. The van der Waals surface area contributed by atoms with Crippen molar-refractivity contribution in [1.29, 1.82) is 0 Å². The predicted octanol–water partition coefficient (Wildman–Crippen LogP) is 3.32. The smallest absolute Gasteiger partial charge is 0.225 e. The molecule has 194 valence electrons. The number of anilines is 1. The first-order chi connectivity index (χ1) is 17.6. The van der Waals surface area contributed by atoms with E-state index in [1.165, 1.54) is 16.7 Å². The maximum absolute atomic E-state index is 11.7. The van der Waals surface area contributed by atoms with Gasteiger partial charge in [-0.3, -0.25) is 5.43 Å². The van der Waals surface area contributed by atoms with Crippen molar-refractivity contribution in [3.05, 3.63) is 53.9 Å². The maximum atomic E-state index is 11.7. The van der Waals surface area contributed by atoms with Crippen molar-refractivity contribution in [2.24, 2.45) is 5.92 Å². The third-order valence-electron chi connectivity index (χ3n) is 7.28. The number of allylic oxidation sites excluding steroid dienone is 1. The van der Waals surface area contributed by atoms with Crippen LogP contribution in [0.1, 0.15) is 56.6 Å². The largest absolute Gasteiger partial charge is 0.493 e. The summed E-state index contributed by atoms with van der Waals surface area (Å²) in [6.45, 7) is 5.52. The molecule has 36 heavy (non-hydrogen) atoms. The summed E-state index contributed by atoms with van der Waals surface area (Å²) >= 11 is 0. The zero-order valence-corrected chi connectivity index (χ0v) is 21.3. The topological polar surface area (TPSA) is 99.6 Å². The molecule has 1 aliphatic heterocycles. The van der Waals surface area contributed by atoms with Crippen LogP contribution in [0.15, 0.2) is 42.7 Å². The van der Waals surface area contributed by atoms with E-state index in [2.05, 4.69) is 50.9 Å². The number of hydrogen-bond acceptors (Lipinski definition) is 8. The van der Waals surface area contributed by atoms with Crippen LogP contribution in [0.4, 0.5) is 5.95 Å². The van der Waals surface area contributed by atoms with Gasteiger partial charge in [-0.05, 0) is 79.7 Å². The van der Waals surface area contributed by atoms with Gasteiger partial charge >= 0.3 is 0 Å². The zero-order valence-electron chi connectivity index (χ0n) is 21.3. The normalized spacial score (nSPS) is 20.7. The Hall–Kier alpha value is -2.81. The van der Waals surface area contributed by atoms with Gasteiger partial charge in [0.05, 0.1) is 12.1 Å². The Morgan fingerprint density at radius 3 is 2.56 bits per heavy atom. The second-order valence-electron chi connectivity index (χ2n) is 9.85. The standard InChI is InChI=1S/C28H39N5O3/c1-2-22-18-29-27(30-19-22)33-15-10-23(11-16-33)20-36-26-6-4-24(5-7-26)25-8-12-28(21-35,13-9-25)32-31-14-3-17-34/h4-8,18-19,21,23,31-32,34H,2-3,9-17,20H2,1H3/t28-/m1/s1. The molecule has 0 radical (unpaired) electrons. The number of carbonyl (C=O) groups is 1. The number of benzene rings is 1. The van der Waals surface area contributed by atoms with Gasteiger partial charge < -0.3 is 19.5 Å². The van der Waals surface area contributed by atoms with Crippen molar-refractivity contribution in [3.8, 4) is 5.75 Å². The molecule has 1 atom stereocenters. The number of aliphatic hydroxyl groups is 1. The summed E-state index contributed by atoms with van der Waals surface area (Å²) < 4.78 is 6.12. The molecular weight excluding hydrogens is 454 g/mol. The van der Waals surface area contributed by atoms with Crippen molar-refractivity contribution in [2.75, 3.05) is 37.7 Å². The fraction of sp³-hybridized carbons (Fsp3) is 0.536. The monoisotopic (exact) mass is 493 g/mol. The number of nitrogens with zero attached hydrogens (tertiary/aromatic N) is 3. The molecule has 0 spiro atoms. The number of hydrogen-bond donors (Lipinski definition) is 3. The number of aliphatic hydroxyl groups excluding tert-OH is 1. The first-order valence-electron chi connectivity index (χ1n) is 13.2. The predicted molar refractivity (Wildman–Crippen MR) is 142 cm³/mol. The number of nitrogens with one attached hydrogen (secondary N) is 2. The van der Waals surface area contributed by atoms with Gasteiger partial charge in [-0.25, -0.2) is 15.4 Å². The highest BCUT2D eigenvalue weighted by Crippen LogP contribution is 2.32. The second-order valence-corrected chi connectivity index (χ2v) is 9.85. The zero-order chi connectivity index (χ0) is 25.2. The van der Waals surface area contributed by atoms with Crippen LogP contribution in [-0.2, 0) is 11.2 Å². The molecule has 8 heteroatoms. The van der Waals surface area contributed by atoms with E-state index in [-0.39, 0.29) is 6.61 Å². The van der Waals surface area contributed by atoms with Crippen LogP contribution in [0.5, 0.6) is 5.75 Å². The first-order valence-corrected chi connectivity index (χ1v) is 13.2. The van der Waals surface area contributed by atoms with Crippen LogP contribution in [0.2, 0.25) is 0 Å². The lowest BCUT2D eigenvalue weighted by Gasteiger charge is -2.33. The van der Waals surface area contributed by atoms with Crippen molar-refractivity contribution in [3.63, 3.8) is 0 Å². The number of ether oxygens (including phenoxy) is 1. The van der Waals surface area contributed by atoms with Crippen molar-refractivity contribution >= 4 is 17.8 Å². The number of hydrazine groups is 1. The summed E-state index contributed by atoms with van der Waals surface area (Å²) in [6.07, 6.45) is 13.0. The van der Waals surface area contributed by atoms with E-state index in [1.54, 1.807) is 0 Å².